The van der Waals surface area contributed by atoms with Crippen molar-refractivity contribution in [2.24, 2.45) is 0 Å². The van der Waals surface area contributed by atoms with E-state index in [-0.39, 0.29) is 11.6 Å². The number of nitrogens with zero attached hydrogens (tertiary/aromatic N) is 1. The number of hydrogen-bond acceptors (Lipinski definition) is 5. The number of piperidine rings is 1. The molecule has 4 rings (SSSR count). The molecule has 0 unspecified atom stereocenters. The number of ether oxygens (including phenoxy) is 1. The van der Waals surface area contributed by atoms with Crippen molar-refractivity contribution in [3.8, 4) is 5.75 Å². The van der Waals surface area contributed by atoms with Crippen LogP contribution in [0.3, 0.4) is 0 Å². The molecular formula is C22H25N3O3S. The van der Waals surface area contributed by atoms with Crippen LogP contribution in [0.15, 0.2) is 59.5 Å². The van der Waals surface area contributed by atoms with Gasteiger partial charge in [-0.1, -0.05) is 18.2 Å². The first-order chi connectivity index (χ1) is 14.1. The van der Waals surface area contributed by atoms with Crippen molar-refractivity contribution in [2.45, 2.75) is 23.3 Å². The van der Waals surface area contributed by atoms with E-state index >= 15 is 0 Å². The van der Waals surface area contributed by atoms with Crippen LogP contribution in [0.2, 0.25) is 0 Å². The molecule has 7 heteroatoms. The van der Waals surface area contributed by atoms with Crippen LogP contribution in [0, 0.1) is 0 Å². The number of hydrogen-bond donors (Lipinski definition) is 2. The predicted octanol–water partition coefficient (Wildman–Crippen LogP) is 4.36. The highest BCUT2D eigenvalue weighted by atomic mass is 32.2. The number of carbonyl (C=O) groups excluding carboxylic acids is 1. The van der Waals surface area contributed by atoms with E-state index in [0.29, 0.717) is 13.1 Å². The lowest BCUT2D eigenvalue weighted by Crippen LogP contribution is -2.48. The summed E-state index contributed by atoms with van der Waals surface area (Å²) < 4.78 is 5.31. The van der Waals surface area contributed by atoms with Crippen molar-refractivity contribution in [3.63, 3.8) is 0 Å². The summed E-state index contributed by atoms with van der Waals surface area (Å²) in [6.45, 7) is 1.27. The second-order valence-corrected chi connectivity index (χ2v) is 8.09. The van der Waals surface area contributed by atoms with Gasteiger partial charge < -0.3 is 15.0 Å². The minimum Gasteiger partial charge on any atom is -0.497 e. The van der Waals surface area contributed by atoms with Crippen LogP contribution in [-0.2, 0) is 4.84 Å². The Hall–Kier alpha value is -2.64. The van der Waals surface area contributed by atoms with Gasteiger partial charge in [0.05, 0.1) is 12.8 Å². The molecule has 0 aliphatic carbocycles. The van der Waals surface area contributed by atoms with Crippen LogP contribution in [0.4, 0.5) is 10.5 Å². The third-order valence-electron chi connectivity index (χ3n) is 5.37. The fourth-order valence-electron chi connectivity index (χ4n) is 3.65. The van der Waals surface area contributed by atoms with E-state index in [2.05, 4.69) is 16.9 Å². The van der Waals surface area contributed by atoms with Crippen LogP contribution in [0.25, 0.3) is 5.70 Å². The zero-order chi connectivity index (χ0) is 20.3. The van der Waals surface area contributed by atoms with Crippen molar-refractivity contribution < 1.29 is 14.4 Å². The zero-order valence-corrected chi connectivity index (χ0v) is 17.4. The van der Waals surface area contributed by atoms with Crippen LogP contribution < -0.4 is 15.5 Å². The van der Waals surface area contributed by atoms with Gasteiger partial charge in [-0.05, 0) is 42.7 Å². The predicted molar refractivity (Wildman–Crippen MR) is 116 cm³/mol. The summed E-state index contributed by atoms with van der Waals surface area (Å²) in [5.74, 6) is 0.809. The van der Waals surface area contributed by atoms with Gasteiger partial charge in [-0.2, -0.15) is 0 Å². The van der Waals surface area contributed by atoms with Gasteiger partial charge >= 0.3 is 6.03 Å². The van der Waals surface area contributed by atoms with E-state index in [1.54, 1.807) is 18.9 Å². The number of anilines is 1. The number of rotatable bonds is 4. The minimum absolute atomic E-state index is 0.0685. The first-order valence-corrected chi connectivity index (χ1v) is 10.8. The topological polar surface area (TPSA) is 62.8 Å². The molecule has 1 saturated heterocycles. The third-order valence-corrected chi connectivity index (χ3v) is 6.10. The monoisotopic (exact) mass is 411 g/mol. The molecule has 0 saturated carbocycles. The fraction of sp³-hybridized carbons (Fsp3) is 0.318. The fourth-order valence-corrected chi connectivity index (χ4v) is 4.11. The highest BCUT2D eigenvalue weighted by molar-refractivity contribution is 7.98. The maximum absolute atomic E-state index is 12.6. The summed E-state index contributed by atoms with van der Waals surface area (Å²) >= 11 is 1.66. The molecule has 2 amide bonds. The quantitative estimate of drug-likeness (QED) is 0.732. The number of methoxy groups -OCH3 is 1. The first kappa shape index (κ1) is 19.7. The summed E-state index contributed by atoms with van der Waals surface area (Å²) in [7, 11) is 1.66. The van der Waals surface area contributed by atoms with Crippen LogP contribution >= 0.6 is 11.8 Å². The Kier molecular flexibility index (Phi) is 5.69. The van der Waals surface area contributed by atoms with Crippen molar-refractivity contribution in [1.82, 2.24) is 10.4 Å². The van der Waals surface area contributed by atoms with Gasteiger partial charge in [0.25, 0.3) is 0 Å². The van der Waals surface area contributed by atoms with Crippen molar-refractivity contribution in [1.29, 1.82) is 0 Å². The second kappa shape index (κ2) is 8.39. The molecule has 2 aliphatic rings. The largest absolute Gasteiger partial charge is 0.497 e. The minimum atomic E-state index is -0.381. The highest BCUT2D eigenvalue weighted by Gasteiger charge is 2.40. The Morgan fingerprint density at radius 2 is 2.00 bits per heavy atom. The number of thioether (sulfide) groups is 1. The van der Waals surface area contributed by atoms with E-state index in [0.717, 1.165) is 40.4 Å². The van der Waals surface area contributed by atoms with Crippen LogP contribution in [0.1, 0.15) is 18.4 Å². The number of benzene rings is 2. The lowest BCUT2D eigenvalue weighted by Gasteiger charge is -2.36. The van der Waals surface area contributed by atoms with Gasteiger partial charge in [-0.3, -0.25) is 10.3 Å². The molecule has 2 N–H and O–H groups in total. The molecule has 1 fully saturated rings. The lowest BCUT2D eigenvalue weighted by molar-refractivity contribution is -0.0634. The van der Waals surface area contributed by atoms with E-state index in [4.69, 9.17) is 9.57 Å². The summed E-state index contributed by atoms with van der Waals surface area (Å²) in [5, 5.41) is 3.00. The molecule has 2 aromatic carbocycles. The molecule has 2 aliphatic heterocycles. The normalized spacial score (nSPS) is 17.6. The van der Waals surface area contributed by atoms with Gasteiger partial charge in [-0.25, -0.2) is 4.79 Å². The second-order valence-electron chi connectivity index (χ2n) is 7.21. The zero-order valence-electron chi connectivity index (χ0n) is 16.6. The van der Waals surface area contributed by atoms with E-state index in [9.17, 15) is 4.79 Å². The standard InChI is InChI=1S/C22H25N3O3S/c1-27-18-7-3-5-16(13-18)20-15-22(28-24-20)9-11-25(12-10-22)21(26)23-17-6-4-8-19(14-17)29-2/h3-8,13-15,24H,9-12H2,1-2H3,(H,23,26). The Balaban J connectivity index is 1.38. The van der Waals surface area contributed by atoms with E-state index in [1.165, 1.54) is 0 Å². The molecule has 152 valence electrons. The van der Waals surface area contributed by atoms with Gasteiger partial charge in [0.1, 0.15) is 11.4 Å². The van der Waals surface area contributed by atoms with Crippen LogP contribution in [-0.4, -0.2) is 43.0 Å². The summed E-state index contributed by atoms with van der Waals surface area (Å²) in [5.41, 5.74) is 5.47. The highest BCUT2D eigenvalue weighted by Crippen LogP contribution is 2.35. The summed E-state index contributed by atoms with van der Waals surface area (Å²) in [6.07, 6.45) is 5.64. The van der Waals surface area contributed by atoms with Crippen molar-refractivity contribution in [2.75, 3.05) is 31.8 Å². The molecule has 1 spiro atoms. The molecule has 2 aromatic rings. The summed E-state index contributed by atoms with van der Waals surface area (Å²) in [4.78, 5) is 21.6. The van der Waals surface area contributed by atoms with Gasteiger partial charge in [0, 0.05) is 42.1 Å². The van der Waals surface area contributed by atoms with E-state index in [1.807, 2.05) is 59.7 Å². The number of nitrogens with one attached hydrogen (secondary N) is 2. The number of carbonyl (C=O) groups is 1. The van der Waals surface area contributed by atoms with Gasteiger partial charge in [0.2, 0.25) is 0 Å². The molecule has 2 heterocycles. The molecule has 0 bridgehead atoms. The smallest absolute Gasteiger partial charge is 0.321 e. The van der Waals surface area contributed by atoms with Crippen molar-refractivity contribution >= 4 is 29.2 Å². The number of hydroxylamine groups is 1. The Labute approximate surface area is 175 Å². The van der Waals surface area contributed by atoms with Crippen LogP contribution in [0.5, 0.6) is 5.75 Å². The Morgan fingerprint density at radius 1 is 1.21 bits per heavy atom. The number of likely N-dealkylation sites (tertiary alicyclic amines) is 1. The molecular weight excluding hydrogens is 386 g/mol. The lowest BCUT2D eigenvalue weighted by atomic mass is 9.90. The van der Waals surface area contributed by atoms with Gasteiger partial charge in [-0.15, -0.1) is 11.8 Å². The third kappa shape index (κ3) is 4.36. The van der Waals surface area contributed by atoms with Gasteiger partial charge in [0.15, 0.2) is 0 Å². The molecule has 29 heavy (non-hydrogen) atoms. The maximum atomic E-state index is 12.6. The number of urea groups is 1. The molecule has 6 nitrogen and oxygen atoms in total. The summed E-state index contributed by atoms with van der Waals surface area (Å²) in [6, 6.07) is 15.7. The molecule has 0 aromatic heterocycles. The van der Waals surface area contributed by atoms with E-state index < -0.39 is 0 Å². The Bertz CT molecular complexity index is 923. The first-order valence-electron chi connectivity index (χ1n) is 9.62. The average molecular weight is 412 g/mol. The SMILES string of the molecule is COc1cccc(C2=CC3(CCN(C(=O)Nc4cccc(SC)c4)CC3)ON2)c1. The molecule has 0 radical (unpaired) electrons. The maximum Gasteiger partial charge on any atom is 0.321 e. The number of amides is 2. The average Bonchev–Trinajstić information content (AvgIpc) is 3.18. The van der Waals surface area contributed by atoms with Crippen molar-refractivity contribution in [3.05, 3.63) is 60.2 Å². The molecule has 0 atom stereocenters. The Morgan fingerprint density at radius 3 is 2.76 bits per heavy atom.